The van der Waals surface area contributed by atoms with Crippen LogP contribution in [-0.4, -0.2) is 60.7 Å². The predicted molar refractivity (Wildman–Crippen MR) is 168 cm³/mol. The lowest BCUT2D eigenvalue weighted by Gasteiger charge is -2.29. The van der Waals surface area contributed by atoms with E-state index in [1.54, 1.807) is 26.8 Å². The maximum atomic E-state index is 13.9. The number of carboxylic acids is 1. The zero-order chi connectivity index (χ0) is 33.3. The van der Waals surface area contributed by atoms with Gasteiger partial charge in [0.1, 0.15) is 0 Å². The Bertz CT molecular complexity index is 1440. The largest absolute Gasteiger partial charge is 0.481 e. The summed E-state index contributed by atoms with van der Waals surface area (Å²) < 4.78 is 69.3. The Morgan fingerprint density at radius 3 is 2.27 bits per heavy atom. The second kappa shape index (κ2) is 15.8. The molecule has 11 heteroatoms. The summed E-state index contributed by atoms with van der Waals surface area (Å²) in [4.78, 5) is 10.3. The molecular formula is C33H45F3N2O5S. The SMILES string of the molecule is C/C(=C\C(C)=C(/C)c1cc(C(F)(F)F)cc(S(=O)(=O)N(C)C[C@H](O)CNC(C)(C)CCCc2ccccc2)c1)CCC(=O)O. The summed E-state index contributed by atoms with van der Waals surface area (Å²) in [6.07, 6.45) is -1.39. The Morgan fingerprint density at radius 2 is 1.68 bits per heavy atom. The number of aliphatic hydroxyl groups is 1. The van der Waals surface area contributed by atoms with Crippen LogP contribution >= 0.6 is 0 Å². The van der Waals surface area contributed by atoms with Crippen LogP contribution < -0.4 is 5.32 Å². The molecule has 0 aromatic heterocycles. The maximum Gasteiger partial charge on any atom is 0.416 e. The van der Waals surface area contributed by atoms with Crippen molar-refractivity contribution < 1.29 is 36.6 Å². The highest BCUT2D eigenvalue weighted by Gasteiger charge is 2.34. The molecule has 2 rings (SSSR count). The van der Waals surface area contributed by atoms with Crippen molar-refractivity contribution in [2.45, 2.75) is 89.4 Å². The number of likely N-dealkylation sites (N-methyl/N-ethyl adjacent to an activating group) is 1. The number of β-amino-alcohol motifs (C(OH)–C–C–N with tert-alkyl or cyclic N) is 1. The molecule has 7 nitrogen and oxygen atoms in total. The zero-order valence-electron chi connectivity index (χ0n) is 26.3. The molecule has 3 N–H and O–H groups in total. The normalized spacial score (nSPS) is 14.5. The van der Waals surface area contributed by atoms with Crippen LogP contribution in [0.4, 0.5) is 13.2 Å². The molecule has 0 aliphatic rings. The lowest BCUT2D eigenvalue weighted by Crippen LogP contribution is -2.46. The molecule has 0 radical (unpaired) electrons. The lowest BCUT2D eigenvalue weighted by atomic mass is 9.95. The van der Waals surface area contributed by atoms with Crippen LogP contribution in [0.25, 0.3) is 5.57 Å². The number of rotatable bonds is 16. The molecule has 44 heavy (non-hydrogen) atoms. The Hall–Kier alpha value is -2.99. The van der Waals surface area contributed by atoms with Gasteiger partial charge in [-0.25, -0.2) is 8.42 Å². The van der Waals surface area contributed by atoms with E-state index in [9.17, 15) is 31.5 Å². The van der Waals surface area contributed by atoms with E-state index in [1.807, 2.05) is 32.0 Å². The minimum Gasteiger partial charge on any atom is -0.481 e. The molecule has 0 aliphatic carbocycles. The molecule has 0 aliphatic heterocycles. The van der Waals surface area contributed by atoms with Gasteiger partial charge in [0.25, 0.3) is 0 Å². The topological polar surface area (TPSA) is 107 Å². The van der Waals surface area contributed by atoms with Gasteiger partial charge in [-0.2, -0.15) is 17.5 Å². The number of allylic oxidation sites excluding steroid dienone is 4. The molecule has 0 bridgehead atoms. The third-order valence-electron chi connectivity index (χ3n) is 7.56. The van der Waals surface area contributed by atoms with Crippen molar-refractivity contribution in [2.24, 2.45) is 0 Å². The fourth-order valence-corrected chi connectivity index (χ4v) is 5.99. The van der Waals surface area contributed by atoms with E-state index >= 15 is 0 Å². The number of aliphatic carboxylic acids is 1. The number of aryl methyl sites for hydroxylation is 1. The van der Waals surface area contributed by atoms with Gasteiger partial charge in [0.2, 0.25) is 10.0 Å². The van der Waals surface area contributed by atoms with Crippen LogP contribution in [0.1, 0.15) is 77.0 Å². The highest BCUT2D eigenvalue weighted by molar-refractivity contribution is 7.89. The van der Waals surface area contributed by atoms with Crippen molar-refractivity contribution in [3.05, 3.63) is 82.4 Å². The Kier molecular flexibility index (Phi) is 13.4. The van der Waals surface area contributed by atoms with Gasteiger partial charge in [-0.05, 0) is 101 Å². The number of aliphatic hydroxyl groups excluding tert-OH is 1. The van der Waals surface area contributed by atoms with Gasteiger partial charge in [-0.15, -0.1) is 0 Å². The molecule has 0 heterocycles. The van der Waals surface area contributed by atoms with Crippen molar-refractivity contribution in [3.63, 3.8) is 0 Å². The summed E-state index contributed by atoms with van der Waals surface area (Å²) in [5, 5.41) is 22.8. The molecule has 0 saturated heterocycles. The fourth-order valence-electron chi connectivity index (χ4n) is 4.71. The van der Waals surface area contributed by atoms with E-state index in [2.05, 4.69) is 17.4 Å². The number of alkyl halides is 3. The van der Waals surface area contributed by atoms with E-state index in [4.69, 9.17) is 5.11 Å². The van der Waals surface area contributed by atoms with Gasteiger partial charge in [-0.3, -0.25) is 4.79 Å². The van der Waals surface area contributed by atoms with E-state index < -0.39 is 38.7 Å². The van der Waals surface area contributed by atoms with Crippen molar-refractivity contribution in [1.29, 1.82) is 0 Å². The van der Waals surface area contributed by atoms with Crippen molar-refractivity contribution in [1.82, 2.24) is 9.62 Å². The molecule has 0 saturated carbocycles. The van der Waals surface area contributed by atoms with Gasteiger partial charge in [-0.1, -0.05) is 42.0 Å². The first kappa shape index (κ1) is 37.2. The lowest BCUT2D eigenvalue weighted by molar-refractivity contribution is -0.138. The average Bonchev–Trinajstić information content (AvgIpc) is 2.94. The van der Waals surface area contributed by atoms with Crippen LogP contribution in [0.3, 0.4) is 0 Å². The van der Waals surface area contributed by atoms with Crippen LogP contribution in [0, 0.1) is 0 Å². The third-order valence-corrected chi connectivity index (χ3v) is 9.36. The fraction of sp³-hybridized carbons (Fsp3) is 0.485. The smallest absolute Gasteiger partial charge is 0.416 e. The van der Waals surface area contributed by atoms with Gasteiger partial charge in [0.15, 0.2) is 0 Å². The Balaban J connectivity index is 2.19. The number of hydrogen-bond donors (Lipinski definition) is 3. The summed E-state index contributed by atoms with van der Waals surface area (Å²) in [6.45, 7) is 8.76. The number of nitrogens with one attached hydrogen (secondary N) is 1. The number of carboxylic acid groups (broad SMARTS) is 1. The van der Waals surface area contributed by atoms with Crippen LogP contribution in [0.2, 0.25) is 0 Å². The number of nitrogens with zero attached hydrogens (tertiary/aromatic N) is 1. The monoisotopic (exact) mass is 638 g/mol. The average molecular weight is 639 g/mol. The number of carbonyl (C=O) groups is 1. The van der Waals surface area contributed by atoms with E-state index in [1.165, 1.54) is 18.7 Å². The van der Waals surface area contributed by atoms with Gasteiger partial charge in [0.05, 0.1) is 16.6 Å². The first-order valence-electron chi connectivity index (χ1n) is 14.5. The Labute approximate surface area is 259 Å². The molecule has 0 fully saturated rings. The van der Waals surface area contributed by atoms with Crippen LogP contribution in [-0.2, 0) is 27.4 Å². The molecular weight excluding hydrogens is 593 g/mol. The third kappa shape index (κ3) is 11.8. The van der Waals surface area contributed by atoms with Gasteiger partial charge < -0.3 is 15.5 Å². The molecule has 2 aromatic rings. The molecule has 0 unspecified atom stereocenters. The number of benzene rings is 2. The number of sulfonamides is 1. The maximum absolute atomic E-state index is 13.9. The summed E-state index contributed by atoms with van der Waals surface area (Å²) in [7, 11) is -3.17. The molecule has 0 amide bonds. The highest BCUT2D eigenvalue weighted by atomic mass is 32.2. The Morgan fingerprint density at radius 1 is 1.05 bits per heavy atom. The molecule has 244 valence electrons. The first-order chi connectivity index (χ1) is 20.3. The molecule has 0 spiro atoms. The second-order valence-corrected chi connectivity index (χ2v) is 14.0. The molecule has 1 atom stereocenters. The quantitative estimate of drug-likeness (QED) is 0.177. The summed E-state index contributed by atoms with van der Waals surface area (Å²) >= 11 is 0. The summed E-state index contributed by atoms with van der Waals surface area (Å²) in [5.41, 5.74) is 1.60. The van der Waals surface area contributed by atoms with Crippen molar-refractivity contribution in [2.75, 3.05) is 20.1 Å². The van der Waals surface area contributed by atoms with Crippen molar-refractivity contribution >= 4 is 21.6 Å². The van der Waals surface area contributed by atoms with E-state index in [0.29, 0.717) is 17.2 Å². The van der Waals surface area contributed by atoms with Gasteiger partial charge >= 0.3 is 12.1 Å². The second-order valence-electron chi connectivity index (χ2n) is 12.0. The van der Waals surface area contributed by atoms with Crippen LogP contribution in [0.5, 0.6) is 0 Å². The number of hydrogen-bond acceptors (Lipinski definition) is 5. The van der Waals surface area contributed by atoms with Crippen LogP contribution in [0.15, 0.2) is 70.6 Å². The van der Waals surface area contributed by atoms with Gasteiger partial charge in [0, 0.05) is 32.1 Å². The predicted octanol–water partition coefficient (Wildman–Crippen LogP) is 6.68. The summed E-state index contributed by atoms with van der Waals surface area (Å²) in [6, 6.07) is 12.8. The zero-order valence-corrected chi connectivity index (χ0v) is 27.1. The van der Waals surface area contributed by atoms with E-state index in [0.717, 1.165) is 35.2 Å². The minimum atomic E-state index is -4.80. The highest BCUT2D eigenvalue weighted by Crippen LogP contribution is 2.35. The molecule has 2 aromatic carbocycles. The number of halogens is 3. The standard InChI is InChI=1S/C33H45F3N2O5S/c1-23(14-15-31(40)41)17-24(2)25(3)27-18-28(33(34,35)36)20-30(19-27)44(42,43)38(6)22-29(39)21-37-32(4,5)16-10-13-26-11-8-7-9-12-26/h7-9,11-12,17-20,29,37,39H,10,13-16,21-22H2,1-6H3,(H,40,41)/b23-17+,25-24+/t29-/m1/s1. The van der Waals surface area contributed by atoms with E-state index in [-0.39, 0.29) is 37.0 Å². The van der Waals surface area contributed by atoms with Crippen molar-refractivity contribution in [3.8, 4) is 0 Å². The first-order valence-corrected chi connectivity index (χ1v) is 16.0. The minimum absolute atomic E-state index is 0.0750. The summed E-state index contributed by atoms with van der Waals surface area (Å²) in [5.74, 6) is -0.962.